The maximum atomic E-state index is 12.1. The number of halogens is 2. The number of carbonyl (C=O) groups excluding carboxylic acids is 3. The third-order valence-corrected chi connectivity index (χ3v) is 4.54. The van der Waals surface area contributed by atoms with Crippen molar-refractivity contribution in [2.45, 2.75) is 32.8 Å². The molecule has 7 nitrogen and oxygen atoms in total. The molecule has 1 amide bonds. The second-order valence-electron chi connectivity index (χ2n) is 6.56. The second-order valence-corrected chi connectivity index (χ2v) is 7.40. The average Bonchev–Trinajstić information content (AvgIpc) is 2.74. The number of hydrogen-bond donors (Lipinski definition) is 1. The molecular weight excluding hydrogens is 445 g/mol. The topological polar surface area (TPSA) is 90.9 Å². The van der Waals surface area contributed by atoms with Crippen molar-refractivity contribution < 1.29 is 28.6 Å². The molecule has 0 saturated carbocycles. The SMILES string of the molecule is CCCCOC(=O)c1ccc(NC(=O)COC(=O)[C@@H](C)Oc2ccc(Cl)cc2Cl)cc1. The molecule has 9 heteroatoms. The summed E-state index contributed by atoms with van der Waals surface area (Å²) in [5.74, 6) is -1.42. The zero-order valence-corrected chi connectivity index (χ0v) is 18.7. The van der Waals surface area contributed by atoms with Gasteiger partial charge in [-0.05, 0) is 55.8 Å². The lowest BCUT2D eigenvalue weighted by molar-refractivity contribution is -0.153. The second kappa shape index (κ2) is 12.2. The molecule has 0 fully saturated rings. The first-order valence-electron chi connectivity index (χ1n) is 9.65. The van der Waals surface area contributed by atoms with E-state index in [4.69, 9.17) is 37.4 Å². The summed E-state index contributed by atoms with van der Waals surface area (Å²) >= 11 is 11.8. The summed E-state index contributed by atoms with van der Waals surface area (Å²) in [6.07, 6.45) is 0.752. The van der Waals surface area contributed by atoms with Gasteiger partial charge in [-0.3, -0.25) is 4.79 Å². The van der Waals surface area contributed by atoms with E-state index in [1.165, 1.54) is 19.1 Å². The molecule has 1 N–H and O–H groups in total. The number of anilines is 1. The normalized spacial score (nSPS) is 11.4. The lowest BCUT2D eigenvalue weighted by atomic mass is 10.2. The molecule has 1 atom stereocenters. The Balaban J connectivity index is 1.79. The fourth-order valence-corrected chi connectivity index (χ4v) is 2.80. The molecule has 0 spiro atoms. The summed E-state index contributed by atoms with van der Waals surface area (Å²) in [4.78, 5) is 36.0. The summed E-state index contributed by atoms with van der Waals surface area (Å²) in [5.41, 5.74) is 0.829. The summed E-state index contributed by atoms with van der Waals surface area (Å²) in [6.45, 7) is 3.35. The Hall–Kier alpha value is -2.77. The monoisotopic (exact) mass is 467 g/mol. The van der Waals surface area contributed by atoms with Gasteiger partial charge in [0.25, 0.3) is 5.91 Å². The first kappa shape index (κ1) is 24.5. The molecule has 0 aliphatic heterocycles. The van der Waals surface area contributed by atoms with E-state index in [1.807, 2.05) is 6.92 Å². The lowest BCUT2D eigenvalue weighted by Crippen LogP contribution is -2.29. The van der Waals surface area contributed by atoms with E-state index in [-0.39, 0.29) is 10.8 Å². The predicted molar refractivity (Wildman–Crippen MR) is 118 cm³/mol. The van der Waals surface area contributed by atoms with Crippen LogP contribution in [-0.2, 0) is 19.1 Å². The largest absolute Gasteiger partial charge is 0.477 e. The van der Waals surface area contributed by atoms with Gasteiger partial charge < -0.3 is 19.5 Å². The third-order valence-electron chi connectivity index (χ3n) is 4.01. The van der Waals surface area contributed by atoms with E-state index >= 15 is 0 Å². The number of benzene rings is 2. The van der Waals surface area contributed by atoms with Gasteiger partial charge in [0.05, 0.1) is 17.2 Å². The van der Waals surface area contributed by atoms with E-state index in [2.05, 4.69) is 5.32 Å². The van der Waals surface area contributed by atoms with Crippen LogP contribution < -0.4 is 10.1 Å². The van der Waals surface area contributed by atoms with Crippen molar-refractivity contribution in [3.05, 3.63) is 58.1 Å². The van der Waals surface area contributed by atoms with Crippen molar-refractivity contribution in [1.82, 2.24) is 0 Å². The predicted octanol–water partition coefficient (Wildman–Crippen LogP) is 4.90. The zero-order valence-electron chi connectivity index (χ0n) is 17.2. The van der Waals surface area contributed by atoms with Crippen molar-refractivity contribution in [2.75, 3.05) is 18.5 Å². The molecule has 0 heterocycles. The van der Waals surface area contributed by atoms with Gasteiger partial charge in [-0.2, -0.15) is 0 Å². The quantitative estimate of drug-likeness (QED) is 0.394. The molecule has 31 heavy (non-hydrogen) atoms. The van der Waals surface area contributed by atoms with Gasteiger partial charge in [0, 0.05) is 10.7 Å². The molecule has 0 aliphatic carbocycles. The van der Waals surface area contributed by atoms with Gasteiger partial charge in [0.2, 0.25) is 0 Å². The van der Waals surface area contributed by atoms with E-state index in [1.54, 1.807) is 30.3 Å². The summed E-state index contributed by atoms with van der Waals surface area (Å²) in [7, 11) is 0. The number of ether oxygens (including phenoxy) is 3. The van der Waals surface area contributed by atoms with Crippen molar-refractivity contribution in [1.29, 1.82) is 0 Å². The number of hydrogen-bond acceptors (Lipinski definition) is 6. The number of amides is 1. The van der Waals surface area contributed by atoms with Crippen LogP contribution in [0.25, 0.3) is 0 Å². The fourth-order valence-electron chi connectivity index (χ4n) is 2.34. The Morgan fingerprint density at radius 3 is 2.39 bits per heavy atom. The number of carbonyl (C=O) groups is 3. The highest BCUT2D eigenvalue weighted by Crippen LogP contribution is 2.28. The Kier molecular flexibility index (Phi) is 9.62. The molecule has 0 aliphatic rings. The van der Waals surface area contributed by atoms with E-state index in [9.17, 15) is 14.4 Å². The maximum Gasteiger partial charge on any atom is 0.347 e. The van der Waals surface area contributed by atoms with Crippen molar-refractivity contribution in [3.63, 3.8) is 0 Å². The van der Waals surface area contributed by atoms with Crippen LogP contribution in [0.1, 0.15) is 37.0 Å². The molecule has 2 rings (SSSR count). The first-order valence-corrected chi connectivity index (χ1v) is 10.4. The lowest BCUT2D eigenvalue weighted by Gasteiger charge is -2.15. The minimum atomic E-state index is -0.982. The van der Waals surface area contributed by atoms with Gasteiger partial charge in [0.1, 0.15) is 5.75 Å². The highest BCUT2D eigenvalue weighted by atomic mass is 35.5. The van der Waals surface area contributed by atoms with E-state index < -0.39 is 30.6 Å². The third kappa shape index (κ3) is 8.11. The Labute approximate surface area is 190 Å². The van der Waals surface area contributed by atoms with Crippen LogP contribution >= 0.6 is 23.2 Å². The number of unbranched alkanes of at least 4 members (excludes halogenated alkanes) is 1. The van der Waals surface area contributed by atoms with Crippen LogP contribution in [0.3, 0.4) is 0 Å². The smallest absolute Gasteiger partial charge is 0.347 e. The standard InChI is InChI=1S/C22H23Cl2NO6/c1-3-4-11-29-22(28)15-5-8-17(9-6-15)25-20(26)13-30-21(27)14(2)31-19-10-7-16(23)12-18(19)24/h5-10,12,14H,3-4,11,13H2,1-2H3,(H,25,26)/t14-/m1/s1. The van der Waals surface area contributed by atoms with Gasteiger partial charge in [-0.1, -0.05) is 36.5 Å². The molecule has 0 saturated heterocycles. The average molecular weight is 468 g/mol. The molecule has 2 aromatic carbocycles. The first-order chi connectivity index (χ1) is 14.8. The number of esters is 2. The number of rotatable bonds is 10. The van der Waals surface area contributed by atoms with Crippen LogP contribution in [0.4, 0.5) is 5.69 Å². The summed E-state index contributed by atoms with van der Waals surface area (Å²) in [6, 6.07) is 10.8. The van der Waals surface area contributed by atoms with E-state index in [0.717, 1.165) is 12.8 Å². The van der Waals surface area contributed by atoms with E-state index in [0.29, 0.717) is 22.9 Å². The molecule has 166 valence electrons. The van der Waals surface area contributed by atoms with Crippen molar-refractivity contribution in [2.24, 2.45) is 0 Å². The van der Waals surface area contributed by atoms with Crippen molar-refractivity contribution >= 4 is 46.7 Å². The molecular formula is C22H23Cl2NO6. The van der Waals surface area contributed by atoms with Gasteiger partial charge >= 0.3 is 11.9 Å². The summed E-state index contributed by atoms with van der Waals surface area (Å²) in [5, 5.41) is 3.26. The molecule has 0 radical (unpaired) electrons. The number of nitrogens with one attached hydrogen (secondary N) is 1. The summed E-state index contributed by atoms with van der Waals surface area (Å²) < 4.78 is 15.5. The minimum Gasteiger partial charge on any atom is -0.477 e. The van der Waals surface area contributed by atoms with Crippen LogP contribution in [0, 0.1) is 0 Å². The van der Waals surface area contributed by atoms with Gasteiger partial charge in [-0.15, -0.1) is 0 Å². The highest BCUT2D eigenvalue weighted by molar-refractivity contribution is 6.35. The maximum absolute atomic E-state index is 12.1. The highest BCUT2D eigenvalue weighted by Gasteiger charge is 2.19. The molecule has 2 aromatic rings. The van der Waals surface area contributed by atoms with Crippen LogP contribution in [0.15, 0.2) is 42.5 Å². The fraction of sp³-hybridized carbons (Fsp3) is 0.318. The minimum absolute atomic E-state index is 0.252. The molecule has 0 unspecified atom stereocenters. The van der Waals surface area contributed by atoms with Crippen LogP contribution in [0.5, 0.6) is 5.75 Å². The molecule has 0 bridgehead atoms. The Morgan fingerprint density at radius 1 is 1.03 bits per heavy atom. The zero-order chi connectivity index (χ0) is 22.8. The van der Waals surface area contributed by atoms with Crippen molar-refractivity contribution in [3.8, 4) is 5.75 Å². The van der Waals surface area contributed by atoms with Crippen LogP contribution in [0.2, 0.25) is 10.0 Å². The van der Waals surface area contributed by atoms with Crippen LogP contribution in [-0.4, -0.2) is 37.2 Å². The van der Waals surface area contributed by atoms with Gasteiger partial charge in [-0.25, -0.2) is 9.59 Å². The Morgan fingerprint density at radius 2 is 1.74 bits per heavy atom. The molecule has 0 aromatic heterocycles. The Bertz CT molecular complexity index is 917. The van der Waals surface area contributed by atoms with Gasteiger partial charge in [0.15, 0.2) is 12.7 Å².